The average molecular weight is 271 g/mol. The molecule has 2 N–H and O–H groups in total. The fraction of sp³-hybridized carbons (Fsp3) is 0.438. The van der Waals surface area contributed by atoms with E-state index < -0.39 is 0 Å². The molecule has 1 fully saturated rings. The predicted octanol–water partition coefficient (Wildman–Crippen LogP) is 2.05. The van der Waals surface area contributed by atoms with Crippen LogP contribution in [0.5, 0.6) is 0 Å². The molecule has 1 aromatic heterocycles. The summed E-state index contributed by atoms with van der Waals surface area (Å²) in [5.74, 6) is 0. The molecule has 1 heterocycles. The lowest BCUT2D eigenvalue weighted by Gasteiger charge is -2.15. The van der Waals surface area contributed by atoms with Crippen molar-refractivity contribution in [3.63, 3.8) is 0 Å². The van der Waals surface area contributed by atoms with Crippen LogP contribution in [-0.4, -0.2) is 33.6 Å². The van der Waals surface area contributed by atoms with E-state index >= 15 is 0 Å². The second-order valence-corrected chi connectivity index (χ2v) is 5.47. The van der Waals surface area contributed by atoms with Gasteiger partial charge in [-0.25, -0.2) is 0 Å². The van der Waals surface area contributed by atoms with Crippen LogP contribution in [0.2, 0.25) is 0 Å². The van der Waals surface area contributed by atoms with Crippen LogP contribution >= 0.6 is 0 Å². The highest BCUT2D eigenvalue weighted by Gasteiger charge is 2.24. The van der Waals surface area contributed by atoms with E-state index in [1.165, 1.54) is 18.4 Å². The molecule has 1 unspecified atom stereocenters. The smallest absolute Gasteiger partial charge is 0.0585 e. The highest BCUT2D eigenvalue weighted by atomic mass is 16.3. The van der Waals surface area contributed by atoms with Gasteiger partial charge in [0.1, 0.15) is 0 Å². The van der Waals surface area contributed by atoms with Crippen LogP contribution in [0.1, 0.15) is 19.3 Å². The molecule has 0 amide bonds. The normalized spacial score (nSPS) is 16.2. The molecular formula is C16H21N3O. The van der Waals surface area contributed by atoms with Crippen molar-refractivity contribution in [1.29, 1.82) is 0 Å². The van der Waals surface area contributed by atoms with E-state index in [0.717, 1.165) is 18.5 Å². The number of aliphatic hydroxyl groups excluding tert-OH is 1. The number of hydrogen-bond donors (Lipinski definition) is 2. The summed E-state index contributed by atoms with van der Waals surface area (Å²) in [6, 6.07) is 11.1. The lowest BCUT2D eigenvalue weighted by Crippen LogP contribution is -2.35. The van der Waals surface area contributed by atoms with Crippen molar-refractivity contribution < 1.29 is 5.11 Å². The first-order chi connectivity index (χ1) is 9.85. The summed E-state index contributed by atoms with van der Waals surface area (Å²) >= 11 is 0. The maximum absolute atomic E-state index is 9.37. The minimum Gasteiger partial charge on any atom is -0.395 e. The van der Waals surface area contributed by atoms with Crippen LogP contribution in [0, 0.1) is 0 Å². The van der Waals surface area contributed by atoms with Crippen molar-refractivity contribution in [2.45, 2.75) is 37.9 Å². The number of nitrogens with one attached hydrogen (secondary N) is 1. The second kappa shape index (κ2) is 6.20. The summed E-state index contributed by atoms with van der Waals surface area (Å²) in [5.41, 5.74) is 2.33. The van der Waals surface area contributed by atoms with Gasteiger partial charge in [-0.05, 0) is 24.8 Å². The highest BCUT2D eigenvalue weighted by Crippen LogP contribution is 2.20. The average Bonchev–Trinajstić information content (AvgIpc) is 3.19. The Hall–Kier alpha value is -1.65. The third-order valence-corrected chi connectivity index (χ3v) is 3.72. The monoisotopic (exact) mass is 271 g/mol. The number of benzene rings is 1. The van der Waals surface area contributed by atoms with E-state index in [4.69, 9.17) is 0 Å². The minimum absolute atomic E-state index is 0.187. The number of nitrogens with zero attached hydrogens (tertiary/aromatic N) is 2. The molecule has 4 heteroatoms. The minimum atomic E-state index is 0.187. The first-order valence-electron chi connectivity index (χ1n) is 7.30. The van der Waals surface area contributed by atoms with Crippen LogP contribution in [0.15, 0.2) is 42.7 Å². The maximum atomic E-state index is 9.37. The summed E-state index contributed by atoms with van der Waals surface area (Å²) < 4.78 is 1.96. The molecule has 1 aliphatic rings. The summed E-state index contributed by atoms with van der Waals surface area (Å²) in [6.45, 7) is 1.03. The molecule has 0 spiro atoms. The van der Waals surface area contributed by atoms with Crippen molar-refractivity contribution in [2.24, 2.45) is 0 Å². The zero-order valence-corrected chi connectivity index (χ0v) is 11.6. The Kier molecular flexibility index (Phi) is 4.14. The van der Waals surface area contributed by atoms with Crippen molar-refractivity contribution in [3.8, 4) is 11.1 Å². The molecule has 1 aromatic carbocycles. The van der Waals surface area contributed by atoms with Gasteiger partial charge in [0.15, 0.2) is 0 Å². The SMILES string of the molecule is OCC(CCn1cc(-c2ccccc2)cn1)NC1CC1. The third kappa shape index (κ3) is 3.46. The van der Waals surface area contributed by atoms with E-state index in [9.17, 15) is 5.11 Å². The number of aryl methyl sites for hydroxylation is 1. The van der Waals surface area contributed by atoms with Gasteiger partial charge in [0.2, 0.25) is 0 Å². The van der Waals surface area contributed by atoms with Gasteiger partial charge in [-0.15, -0.1) is 0 Å². The lowest BCUT2D eigenvalue weighted by molar-refractivity contribution is 0.229. The van der Waals surface area contributed by atoms with Crippen molar-refractivity contribution >= 4 is 0 Å². The Labute approximate surface area is 119 Å². The molecule has 2 aromatic rings. The molecule has 0 bridgehead atoms. The molecule has 0 aliphatic heterocycles. The van der Waals surface area contributed by atoms with Gasteiger partial charge in [-0.2, -0.15) is 5.10 Å². The van der Waals surface area contributed by atoms with Gasteiger partial charge in [0.25, 0.3) is 0 Å². The summed E-state index contributed by atoms with van der Waals surface area (Å²) in [4.78, 5) is 0. The van der Waals surface area contributed by atoms with Gasteiger partial charge >= 0.3 is 0 Å². The van der Waals surface area contributed by atoms with Crippen molar-refractivity contribution in [2.75, 3.05) is 6.61 Å². The zero-order chi connectivity index (χ0) is 13.8. The Morgan fingerprint density at radius 3 is 2.75 bits per heavy atom. The molecule has 3 rings (SSSR count). The summed E-state index contributed by atoms with van der Waals surface area (Å²) in [5, 5.41) is 17.2. The second-order valence-electron chi connectivity index (χ2n) is 5.47. The fourth-order valence-corrected chi connectivity index (χ4v) is 2.36. The van der Waals surface area contributed by atoms with Gasteiger partial charge < -0.3 is 10.4 Å². The molecular weight excluding hydrogens is 250 g/mol. The highest BCUT2D eigenvalue weighted by molar-refractivity contribution is 5.61. The topological polar surface area (TPSA) is 50.1 Å². The largest absolute Gasteiger partial charge is 0.395 e. The lowest BCUT2D eigenvalue weighted by atomic mass is 10.1. The van der Waals surface area contributed by atoms with Crippen LogP contribution in [-0.2, 0) is 6.54 Å². The van der Waals surface area contributed by atoms with Crippen LogP contribution in [0.4, 0.5) is 0 Å². The molecule has 20 heavy (non-hydrogen) atoms. The van der Waals surface area contributed by atoms with Gasteiger partial charge in [0.05, 0.1) is 12.8 Å². The van der Waals surface area contributed by atoms with Gasteiger partial charge in [0, 0.05) is 30.4 Å². The van der Waals surface area contributed by atoms with Crippen molar-refractivity contribution in [1.82, 2.24) is 15.1 Å². The first kappa shape index (κ1) is 13.3. The summed E-state index contributed by atoms with van der Waals surface area (Å²) in [7, 11) is 0. The summed E-state index contributed by atoms with van der Waals surface area (Å²) in [6.07, 6.45) is 7.37. The van der Waals surface area contributed by atoms with E-state index in [0.29, 0.717) is 6.04 Å². The Morgan fingerprint density at radius 1 is 1.25 bits per heavy atom. The maximum Gasteiger partial charge on any atom is 0.0585 e. The Bertz CT molecular complexity index is 534. The van der Waals surface area contributed by atoms with Crippen molar-refractivity contribution in [3.05, 3.63) is 42.7 Å². The quantitative estimate of drug-likeness (QED) is 0.810. The molecule has 0 radical (unpaired) electrons. The number of hydrogen-bond acceptors (Lipinski definition) is 3. The number of aromatic nitrogens is 2. The standard InChI is InChI=1S/C16H21N3O/c20-12-16(18-15-6-7-15)8-9-19-11-14(10-17-19)13-4-2-1-3-5-13/h1-5,10-11,15-16,18,20H,6-9,12H2. The van der Waals surface area contributed by atoms with E-state index in [-0.39, 0.29) is 12.6 Å². The molecule has 1 atom stereocenters. The van der Waals surface area contributed by atoms with Gasteiger partial charge in [-0.3, -0.25) is 4.68 Å². The number of aliphatic hydroxyl groups is 1. The number of rotatable bonds is 7. The Morgan fingerprint density at radius 2 is 2.05 bits per heavy atom. The molecule has 4 nitrogen and oxygen atoms in total. The molecule has 106 valence electrons. The fourth-order valence-electron chi connectivity index (χ4n) is 2.36. The van der Waals surface area contributed by atoms with E-state index in [2.05, 4.69) is 28.7 Å². The third-order valence-electron chi connectivity index (χ3n) is 3.72. The van der Waals surface area contributed by atoms with E-state index in [1.54, 1.807) is 0 Å². The van der Waals surface area contributed by atoms with Crippen LogP contribution in [0.3, 0.4) is 0 Å². The first-order valence-corrected chi connectivity index (χ1v) is 7.30. The van der Waals surface area contributed by atoms with Gasteiger partial charge in [-0.1, -0.05) is 30.3 Å². The van der Waals surface area contributed by atoms with Crippen LogP contribution < -0.4 is 5.32 Å². The van der Waals surface area contributed by atoms with E-state index in [1.807, 2.05) is 29.1 Å². The van der Waals surface area contributed by atoms with Crippen LogP contribution in [0.25, 0.3) is 11.1 Å². The molecule has 1 aliphatic carbocycles. The Balaban J connectivity index is 1.56. The zero-order valence-electron chi connectivity index (χ0n) is 11.6. The predicted molar refractivity (Wildman–Crippen MR) is 79.3 cm³/mol. The molecule has 1 saturated carbocycles. The molecule has 0 saturated heterocycles.